The van der Waals surface area contributed by atoms with Crippen LogP contribution in [0.3, 0.4) is 0 Å². The van der Waals surface area contributed by atoms with Gasteiger partial charge in [-0.1, -0.05) is 66.4 Å². The van der Waals surface area contributed by atoms with Crippen molar-refractivity contribution in [1.29, 1.82) is 0 Å². The molecule has 0 aliphatic heterocycles. The van der Waals surface area contributed by atoms with Gasteiger partial charge in [-0.25, -0.2) is 20.1 Å². The van der Waals surface area contributed by atoms with Crippen LogP contribution >= 0.6 is 11.8 Å². The summed E-state index contributed by atoms with van der Waals surface area (Å²) in [7, 11) is 1.64. The van der Waals surface area contributed by atoms with Gasteiger partial charge in [-0.05, 0) is 55.4 Å². The van der Waals surface area contributed by atoms with Crippen molar-refractivity contribution in [2.45, 2.75) is 74.4 Å². The summed E-state index contributed by atoms with van der Waals surface area (Å²) < 4.78 is 6.74. The number of rotatable bonds is 14. The highest BCUT2D eigenvalue weighted by Gasteiger charge is 2.47. The maximum atomic E-state index is 13.0. The molecule has 2 heterocycles. The predicted octanol–water partition coefficient (Wildman–Crippen LogP) is 3.24. The van der Waals surface area contributed by atoms with Crippen LogP contribution in [0, 0.1) is 5.92 Å². The second-order valence-corrected chi connectivity index (χ2v) is 12.7. The molecule has 0 bridgehead atoms. The largest absolute Gasteiger partial charge is 0.497 e. The summed E-state index contributed by atoms with van der Waals surface area (Å²) in [6.07, 6.45) is 1.29. The van der Waals surface area contributed by atoms with Gasteiger partial charge in [0, 0.05) is 24.3 Å². The summed E-state index contributed by atoms with van der Waals surface area (Å²) in [4.78, 5) is 22.6. The summed E-state index contributed by atoms with van der Waals surface area (Å²) in [6.45, 7) is 2.65. The first-order chi connectivity index (χ1) is 22.0. The van der Waals surface area contributed by atoms with E-state index in [2.05, 4.69) is 45.5 Å². The van der Waals surface area contributed by atoms with E-state index in [0.29, 0.717) is 34.6 Å². The van der Waals surface area contributed by atoms with E-state index in [1.165, 1.54) is 11.1 Å². The number of hydrogen-bond donors (Lipinski definition) is 5. The fourth-order valence-corrected chi connectivity index (χ4v) is 6.61. The molecule has 0 radical (unpaired) electrons. The van der Waals surface area contributed by atoms with Crippen LogP contribution in [0.15, 0.2) is 59.8 Å². The third-order valence-corrected chi connectivity index (χ3v) is 9.57. The van der Waals surface area contributed by atoms with E-state index in [-0.39, 0.29) is 18.4 Å². The highest BCUT2D eigenvalue weighted by Crippen LogP contribution is 2.43. The van der Waals surface area contributed by atoms with E-state index in [9.17, 15) is 15.0 Å². The normalized spacial score (nSPS) is 24.1. The lowest BCUT2D eigenvalue weighted by Crippen LogP contribution is -2.45. The van der Waals surface area contributed by atoms with Crippen LogP contribution in [0.1, 0.15) is 55.7 Å². The van der Waals surface area contributed by atoms with Crippen molar-refractivity contribution in [2.24, 2.45) is 5.92 Å². The van der Waals surface area contributed by atoms with Gasteiger partial charge in [-0.3, -0.25) is 10.2 Å². The van der Waals surface area contributed by atoms with E-state index in [1.54, 1.807) is 23.6 Å². The topological polar surface area (TPSA) is 159 Å². The highest BCUT2D eigenvalue weighted by molar-refractivity contribution is 7.99. The summed E-state index contributed by atoms with van der Waals surface area (Å²) in [5.74, 6) is 1.45. The minimum atomic E-state index is -1.26. The molecule has 1 amide bonds. The van der Waals surface area contributed by atoms with Gasteiger partial charge >= 0.3 is 0 Å². The summed E-state index contributed by atoms with van der Waals surface area (Å²) in [6, 6.07) is 17.8. The van der Waals surface area contributed by atoms with Crippen LogP contribution in [-0.2, 0) is 11.2 Å². The Morgan fingerprint density at radius 1 is 1.07 bits per heavy atom. The van der Waals surface area contributed by atoms with E-state index < -0.39 is 24.2 Å². The Balaban J connectivity index is 1.11. The van der Waals surface area contributed by atoms with Gasteiger partial charge in [-0.2, -0.15) is 0 Å². The van der Waals surface area contributed by atoms with Crippen LogP contribution in [0.2, 0.25) is 0 Å². The first-order valence-electron chi connectivity index (χ1n) is 15.6. The molecule has 4 aromatic rings. The van der Waals surface area contributed by atoms with E-state index in [4.69, 9.17) is 14.7 Å². The number of nitrogens with one attached hydrogen (secondary N) is 3. The molecule has 6 atom stereocenters. The van der Waals surface area contributed by atoms with Crippen LogP contribution in [0.4, 0.5) is 5.82 Å². The van der Waals surface area contributed by atoms with Gasteiger partial charge in [0.1, 0.15) is 11.9 Å². The molecule has 2 fully saturated rings. The average molecular weight is 633 g/mol. The highest BCUT2D eigenvalue weighted by atomic mass is 32.2. The van der Waals surface area contributed by atoms with Crippen molar-refractivity contribution in [1.82, 2.24) is 35.8 Å². The van der Waals surface area contributed by atoms with Gasteiger partial charge in [0.15, 0.2) is 22.1 Å². The second-order valence-electron chi connectivity index (χ2n) is 11.7. The van der Waals surface area contributed by atoms with Gasteiger partial charge in [0.25, 0.3) is 0 Å². The second kappa shape index (κ2) is 14.1. The minimum Gasteiger partial charge on any atom is -0.497 e. The van der Waals surface area contributed by atoms with Gasteiger partial charge in [-0.15, -0.1) is 5.10 Å². The number of aryl methyl sites for hydroxylation is 1. The Hall–Kier alpha value is -3.78. The number of hydrogen-bond acceptors (Lipinski definition) is 11. The van der Waals surface area contributed by atoms with E-state index in [1.807, 2.05) is 42.5 Å². The molecule has 12 nitrogen and oxygen atoms in total. The smallest absolute Gasteiger partial charge is 0.239 e. The number of aromatic nitrogens is 5. The van der Waals surface area contributed by atoms with E-state index >= 15 is 0 Å². The van der Waals surface area contributed by atoms with Crippen molar-refractivity contribution in [3.63, 3.8) is 0 Å². The Bertz CT molecular complexity index is 1590. The summed E-state index contributed by atoms with van der Waals surface area (Å²) in [5, 5.41) is 34.9. The molecule has 0 spiro atoms. The first-order valence-corrected chi connectivity index (χ1v) is 16.5. The third-order valence-electron chi connectivity index (χ3n) is 8.52. The predicted molar refractivity (Wildman–Crippen MR) is 172 cm³/mol. The Morgan fingerprint density at radius 2 is 1.87 bits per heavy atom. The van der Waals surface area contributed by atoms with Crippen LogP contribution in [0.5, 0.6) is 5.75 Å². The maximum absolute atomic E-state index is 13.0. The quantitative estimate of drug-likeness (QED) is 0.0601. The molecule has 2 aliphatic carbocycles. The number of anilines is 1. The SMILES string of the molecule is CCCSc1nc(NC2CC2c2ccccc2)c2nnn([C@H]3C[C@@H](C(=O)NNCCCc4ccc(OC)cc4)[C@H](O)[C@@H]3O)c2n1. The van der Waals surface area contributed by atoms with Gasteiger partial charge < -0.3 is 20.3 Å². The lowest BCUT2D eigenvalue weighted by molar-refractivity contribution is -0.129. The molecule has 0 saturated heterocycles. The number of carbonyl (C=O) groups is 1. The van der Waals surface area contributed by atoms with Crippen molar-refractivity contribution < 1.29 is 19.7 Å². The average Bonchev–Trinajstić information content (AvgIpc) is 3.61. The van der Waals surface area contributed by atoms with E-state index in [0.717, 1.165) is 37.2 Å². The lowest BCUT2D eigenvalue weighted by atomic mass is 10.1. The van der Waals surface area contributed by atoms with Crippen molar-refractivity contribution in [3.8, 4) is 5.75 Å². The number of amides is 1. The molecule has 2 aliphatic rings. The number of thioether (sulfide) groups is 1. The molecule has 2 saturated carbocycles. The number of hydrazine groups is 1. The number of nitrogens with zero attached hydrogens (tertiary/aromatic N) is 5. The zero-order valence-corrected chi connectivity index (χ0v) is 26.3. The number of benzene rings is 2. The fraction of sp³-hybridized carbons (Fsp3) is 0.469. The van der Waals surface area contributed by atoms with Crippen molar-refractivity contribution >= 4 is 34.7 Å². The van der Waals surface area contributed by atoms with Crippen LogP contribution < -0.4 is 20.9 Å². The molecular weight excluding hydrogens is 592 g/mol. The van der Waals surface area contributed by atoms with Crippen molar-refractivity contribution in [2.75, 3.05) is 24.7 Å². The zero-order chi connectivity index (χ0) is 31.3. The molecule has 2 aromatic heterocycles. The monoisotopic (exact) mass is 632 g/mol. The third kappa shape index (κ3) is 7.06. The molecular formula is C32H40N8O4S. The Morgan fingerprint density at radius 3 is 2.62 bits per heavy atom. The molecule has 2 aromatic carbocycles. The summed E-state index contributed by atoms with van der Waals surface area (Å²) in [5.41, 5.74) is 9.09. The molecule has 2 unspecified atom stereocenters. The molecule has 5 N–H and O–H groups in total. The summed E-state index contributed by atoms with van der Waals surface area (Å²) >= 11 is 1.55. The van der Waals surface area contributed by atoms with Crippen LogP contribution in [0.25, 0.3) is 11.2 Å². The molecule has 6 rings (SSSR count). The minimum absolute atomic E-state index is 0.184. The Labute approximate surface area is 266 Å². The molecule has 13 heteroatoms. The first kappa shape index (κ1) is 31.2. The number of methoxy groups -OCH3 is 1. The fourth-order valence-electron chi connectivity index (χ4n) is 5.92. The van der Waals surface area contributed by atoms with Gasteiger partial charge in [0.05, 0.1) is 25.2 Å². The number of fused-ring (bicyclic) bond motifs is 1. The number of ether oxygens (including phenoxy) is 1. The zero-order valence-electron chi connectivity index (χ0n) is 25.5. The number of aliphatic hydroxyl groups is 2. The maximum Gasteiger partial charge on any atom is 0.239 e. The Kier molecular flexibility index (Phi) is 9.79. The van der Waals surface area contributed by atoms with Gasteiger partial charge in [0.2, 0.25) is 5.91 Å². The lowest BCUT2D eigenvalue weighted by Gasteiger charge is -2.17. The molecule has 45 heavy (non-hydrogen) atoms. The number of aliphatic hydroxyl groups excluding tert-OH is 2. The molecule has 238 valence electrons. The van der Waals surface area contributed by atoms with Crippen LogP contribution in [-0.4, -0.2) is 78.7 Å². The van der Waals surface area contributed by atoms with Crippen molar-refractivity contribution in [3.05, 3.63) is 65.7 Å². The number of carbonyl (C=O) groups excluding carboxylic acids is 1. The standard InChI is InChI=1S/C32H40N8O4S/c1-3-16-45-32-35-29(34-24-17-22(24)20-9-5-4-6-10-20)26-30(36-32)40(39-37-26)25-18-23(27(41)28(25)42)31(43)38-33-15-7-8-19-11-13-21(44-2)14-12-19/h4-6,9-14,22-25,27-28,33,41-42H,3,7-8,15-18H2,1-2H3,(H,38,43)(H,34,35,36)/t22?,23-,24?,25+,27+,28-/m1/s1.